The molecule has 28 heavy (non-hydrogen) atoms. The normalized spacial score (nSPS) is 14.1. The maximum Gasteiger partial charge on any atom is 0.407 e. The minimum absolute atomic E-state index is 0.0385. The number of nitro benzene ring substituents is 1. The molecule has 0 aromatic heterocycles. The molecule has 1 heterocycles. The van der Waals surface area contributed by atoms with Crippen LogP contribution in [0.2, 0.25) is 0 Å². The Morgan fingerprint density at radius 3 is 2.79 bits per heavy atom. The van der Waals surface area contributed by atoms with E-state index >= 15 is 0 Å². The quantitative estimate of drug-likeness (QED) is 0.572. The molecule has 0 atom stereocenters. The van der Waals surface area contributed by atoms with Crippen molar-refractivity contribution < 1.29 is 24.3 Å². The van der Waals surface area contributed by atoms with Gasteiger partial charge in [-0.3, -0.25) is 10.1 Å². The first-order chi connectivity index (χ1) is 13.2. The molecule has 8 heteroatoms. The minimum Gasteiger partial charge on any atom is -0.488 e. The fourth-order valence-corrected chi connectivity index (χ4v) is 3.20. The molecule has 0 saturated heterocycles. The lowest BCUT2D eigenvalue weighted by Crippen LogP contribution is -2.33. The number of carboxylic acid groups (broad SMARTS) is 1. The van der Waals surface area contributed by atoms with E-state index in [2.05, 4.69) is 0 Å². The van der Waals surface area contributed by atoms with Crippen molar-refractivity contribution in [1.82, 2.24) is 4.90 Å². The number of nitrogens with zero attached hydrogens (tertiary/aromatic N) is 2. The van der Waals surface area contributed by atoms with Crippen molar-refractivity contribution in [3.05, 3.63) is 63.7 Å². The summed E-state index contributed by atoms with van der Waals surface area (Å²) in [4.78, 5) is 23.1. The number of nitro groups is 1. The number of carbonyl (C=O) groups is 1. The van der Waals surface area contributed by atoms with E-state index in [1.54, 1.807) is 12.1 Å². The molecule has 2 aromatic carbocycles. The van der Waals surface area contributed by atoms with Gasteiger partial charge in [-0.05, 0) is 25.5 Å². The van der Waals surface area contributed by atoms with Gasteiger partial charge in [-0.2, -0.15) is 0 Å². The van der Waals surface area contributed by atoms with Crippen LogP contribution in [0.1, 0.15) is 25.0 Å². The van der Waals surface area contributed by atoms with Gasteiger partial charge in [0.15, 0.2) is 11.5 Å². The second-order valence-electron chi connectivity index (χ2n) is 7.26. The smallest absolute Gasteiger partial charge is 0.407 e. The van der Waals surface area contributed by atoms with Crippen LogP contribution < -0.4 is 9.47 Å². The average Bonchev–Trinajstić information content (AvgIpc) is 2.95. The summed E-state index contributed by atoms with van der Waals surface area (Å²) in [6.45, 7) is 4.30. The number of fused-ring (bicyclic) bond motifs is 1. The Hall–Kier alpha value is -3.29. The largest absolute Gasteiger partial charge is 0.488 e. The van der Waals surface area contributed by atoms with Gasteiger partial charge in [-0.15, -0.1) is 0 Å². The second kappa shape index (κ2) is 7.75. The van der Waals surface area contributed by atoms with Gasteiger partial charge in [0.25, 0.3) is 5.69 Å². The first kappa shape index (κ1) is 19.5. The van der Waals surface area contributed by atoms with Crippen molar-refractivity contribution in [2.75, 3.05) is 13.2 Å². The molecule has 0 aliphatic carbocycles. The topological polar surface area (TPSA) is 102 Å². The van der Waals surface area contributed by atoms with Gasteiger partial charge in [0.1, 0.15) is 12.2 Å². The summed E-state index contributed by atoms with van der Waals surface area (Å²) in [6, 6.07) is 11.6. The molecule has 0 fully saturated rings. The Morgan fingerprint density at radius 1 is 1.32 bits per heavy atom. The van der Waals surface area contributed by atoms with Crippen molar-refractivity contribution in [2.24, 2.45) is 0 Å². The van der Waals surface area contributed by atoms with Crippen LogP contribution in [0.3, 0.4) is 0 Å². The Labute approximate surface area is 162 Å². The highest BCUT2D eigenvalue weighted by molar-refractivity contribution is 5.65. The van der Waals surface area contributed by atoms with E-state index < -0.39 is 11.0 Å². The predicted octanol–water partition coefficient (Wildman–Crippen LogP) is 3.87. The van der Waals surface area contributed by atoms with E-state index in [0.29, 0.717) is 17.1 Å². The van der Waals surface area contributed by atoms with Gasteiger partial charge in [0.05, 0.1) is 11.5 Å². The van der Waals surface area contributed by atoms with Crippen LogP contribution in [0.25, 0.3) is 0 Å². The SMILES string of the molecule is CC1(C)Cc2cccc(OCCN(Cc3cccc([N+](=O)[O-])c3)C(=O)O)c2O1. The first-order valence-corrected chi connectivity index (χ1v) is 8.90. The van der Waals surface area contributed by atoms with Crippen molar-refractivity contribution in [3.8, 4) is 11.5 Å². The second-order valence-corrected chi connectivity index (χ2v) is 7.26. The van der Waals surface area contributed by atoms with Gasteiger partial charge >= 0.3 is 6.09 Å². The zero-order chi connectivity index (χ0) is 20.3. The number of non-ortho nitro benzene ring substituents is 1. The molecule has 0 saturated carbocycles. The number of amides is 1. The third-order valence-corrected chi connectivity index (χ3v) is 4.44. The molecule has 2 aromatic rings. The summed E-state index contributed by atoms with van der Waals surface area (Å²) in [5.74, 6) is 1.29. The number of para-hydroxylation sites is 1. The number of benzene rings is 2. The highest BCUT2D eigenvalue weighted by Gasteiger charge is 2.32. The highest BCUT2D eigenvalue weighted by Crippen LogP contribution is 2.41. The zero-order valence-electron chi connectivity index (χ0n) is 15.8. The van der Waals surface area contributed by atoms with Crippen molar-refractivity contribution in [1.29, 1.82) is 0 Å². The Balaban J connectivity index is 1.63. The van der Waals surface area contributed by atoms with Crippen LogP contribution in [0, 0.1) is 10.1 Å². The van der Waals surface area contributed by atoms with Crippen LogP contribution in [0.5, 0.6) is 11.5 Å². The summed E-state index contributed by atoms with van der Waals surface area (Å²) in [5, 5.41) is 20.3. The molecule has 1 aliphatic heterocycles. The summed E-state index contributed by atoms with van der Waals surface area (Å²) in [5.41, 5.74) is 1.24. The lowest BCUT2D eigenvalue weighted by atomic mass is 10.0. The third kappa shape index (κ3) is 4.51. The van der Waals surface area contributed by atoms with Crippen LogP contribution in [-0.2, 0) is 13.0 Å². The summed E-state index contributed by atoms with van der Waals surface area (Å²) < 4.78 is 11.7. The van der Waals surface area contributed by atoms with E-state index in [4.69, 9.17) is 9.47 Å². The van der Waals surface area contributed by atoms with Gasteiger partial charge in [0, 0.05) is 30.7 Å². The molecule has 0 unspecified atom stereocenters. The summed E-state index contributed by atoms with van der Waals surface area (Å²) in [6.07, 6.45) is -0.334. The zero-order valence-corrected chi connectivity index (χ0v) is 15.8. The molecular weight excluding hydrogens is 364 g/mol. The van der Waals surface area contributed by atoms with Crippen LogP contribution in [0.4, 0.5) is 10.5 Å². The van der Waals surface area contributed by atoms with Crippen molar-refractivity contribution >= 4 is 11.8 Å². The molecule has 3 rings (SSSR count). The van der Waals surface area contributed by atoms with E-state index in [9.17, 15) is 20.0 Å². The minimum atomic E-state index is -1.12. The molecule has 1 aliphatic rings. The summed E-state index contributed by atoms with van der Waals surface area (Å²) >= 11 is 0. The average molecular weight is 386 g/mol. The van der Waals surface area contributed by atoms with E-state index in [0.717, 1.165) is 16.9 Å². The maximum absolute atomic E-state index is 11.5. The first-order valence-electron chi connectivity index (χ1n) is 8.90. The Morgan fingerprint density at radius 2 is 2.07 bits per heavy atom. The number of rotatable bonds is 7. The Bertz CT molecular complexity index is 896. The van der Waals surface area contributed by atoms with Crippen molar-refractivity contribution in [2.45, 2.75) is 32.4 Å². The van der Waals surface area contributed by atoms with E-state index in [1.807, 2.05) is 26.0 Å². The van der Waals surface area contributed by atoms with Gasteiger partial charge in [-0.25, -0.2) is 4.79 Å². The lowest BCUT2D eigenvalue weighted by molar-refractivity contribution is -0.384. The van der Waals surface area contributed by atoms with Crippen LogP contribution in [0.15, 0.2) is 42.5 Å². The van der Waals surface area contributed by atoms with Crippen LogP contribution in [-0.4, -0.2) is 39.8 Å². The fourth-order valence-electron chi connectivity index (χ4n) is 3.20. The molecule has 148 valence electrons. The van der Waals surface area contributed by atoms with E-state index in [-0.39, 0.29) is 31.0 Å². The summed E-state index contributed by atoms with van der Waals surface area (Å²) in [7, 11) is 0. The van der Waals surface area contributed by atoms with Crippen LogP contribution >= 0.6 is 0 Å². The third-order valence-electron chi connectivity index (χ3n) is 4.44. The highest BCUT2D eigenvalue weighted by atomic mass is 16.6. The number of ether oxygens (including phenoxy) is 2. The molecule has 1 N–H and O–H groups in total. The number of hydrogen-bond acceptors (Lipinski definition) is 5. The molecular formula is C20H22N2O6. The van der Waals surface area contributed by atoms with Gasteiger partial charge < -0.3 is 19.5 Å². The number of hydrogen-bond donors (Lipinski definition) is 1. The lowest BCUT2D eigenvalue weighted by Gasteiger charge is -2.21. The molecule has 0 radical (unpaired) electrons. The molecule has 0 bridgehead atoms. The predicted molar refractivity (Wildman–Crippen MR) is 102 cm³/mol. The van der Waals surface area contributed by atoms with E-state index in [1.165, 1.54) is 18.2 Å². The standard InChI is InChI=1S/C20H22N2O6/c1-20(2)12-15-6-4-8-17(18(15)28-20)27-10-9-21(19(23)24)13-14-5-3-7-16(11-14)22(25)26/h3-8,11H,9-10,12-13H2,1-2H3,(H,23,24). The fraction of sp³-hybridized carbons (Fsp3) is 0.350. The van der Waals surface area contributed by atoms with Gasteiger partial charge in [0.2, 0.25) is 0 Å². The Kier molecular flexibility index (Phi) is 5.39. The molecule has 0 spiro atoms. The van der Waals surface area contributed by atoms with Crippen molar-refractivity contribution in [3.63, 3.8) is 0 Å². The maximum atomic E-state index is 11.5. The van der Waals surface area contributed by atoms with Gasteiger partial charge in [-0.1, -0.05) is 24.3 Å². The molecule has 8 nitrogen and oxygen atoms in total. The monoisotopic (exact) mass is 386 g/mol. The molecule has 1 amide bonds.